The standard InChI is InChI=1S/C18H19NO4/c1-10-7-13-14(18(21)19(2)17(13)20)9-12(10)11-3-4-15-16(8-11)23-6-5-22-15/h3-4,8,13-14H,5-7,9H2,1-2H3/t13-,14+/m0/s1. The van der Waals surface area contributed by atoms with Gasteiger partial charge in [-0.3, -0.25) is 14.5 Å². The van der Waals surface area contributed by atoms with Crippen molar-refractivity contribution in [3.8, 4) is 11.5 Å². The fourth-order valence-corrected chi connectivity index (χ4v) is 3.85. The number of carbonyl (C=O) groups is 2. The van der Waals surface area contributed by atoms with Gasteiger partial charge in [-0.2, -0.15) is 0 Å². The molecule has 0 aromatic heterocycles. The summed E-state index contributed by atoms with van der Waals surface area (Å²) < 4.78 is 11.2. The summed E-state index contributed by atoms with van der Waals surface area (Å²) >= 11 is 0. The number of amides is 2. The number of fused-ring (bicyclic) bond motifs is 2. The molecular weight excluding hydrogens is 294 g/mol. The molecule has 0 unspecified atom stereocenters. The van der Waals surface area contributed by atoms with Gasteiger partial charge >= 0.3 is 0 Å². The van der Waals surface area contributed by atoms with Crippen LogP contribution in [0.15, 0.2) is 23.8 Å². The predicted octanol–water partition coefficient (Wildman–Crippen LogP) is 2.26. The third-order valence-corrected chi connectivity index (χ3v) is 5.14. The lowest BCUT2D eigenvalue weighted by molar-refractivity contribution is -0.138. The summed E-state index contributed by atoms with van der Waals surface area (Å²) in [7, 11) is 1.59. The Labute approximate surface area is 134 Å². The minimum atomic E-state index is -0.223. The van der Waals surface area contributed by atoms with Crippen molar-refractivity contribution in [2.75, 3.05) is 20.3 Å². The molecule has 23 heavy (non-hydrogen) atoms. The second-order valence-electron chi connectivity index (χ2n) is 6.47. The minimum Gasteiger partial charge on any atom is -0.486 e. The predicted molar refractivity (Wildman–Crippen MR) is 84.0 cm³/mol. The summed E-state index contributed by atoms with van der Waals surface area (Å²) in [5.41, 5.74) is 3.39. The van der Waals surface area contributed by atoms with Crippen LogP contribution in [0.2, 0.25) is 0 Å². The van der Waals surface area contributed by atoms with Crippen LogP contribution in [0.25, 0.3) is 5.57 Å². The van der Waals surface area contributed by atoms with E-state index in [4.69, 9.17) is 9.47 Å². The van der Waals surface area contributed by atoms with E-state index < -0.39 is 0 Å². The maximum atomic E-state index is 12.3. The molecule has 0 N–H and O–H groups in total. The third kappa shape index (κ3) is 2.14. The summed E-state index contributed by atoms with van der Waals surface area (Å²) in [6.07, 6.45) is 1.27. The Morgan fingerprint density at radius 1 is 1.00 bits per heavy atom. The fraction of sp³-hybridized carbons (Fsp3) is 0.444. The zero-order chi connectivity index (χ0) is 16.1. The van der Waals surface area contributed by atoms with Crippen LogP contribution < -0.4 is 9.47 Å². The van der Waals surface area contributed by atoms with Crippen LogP contribution in [-0.4, -0.2) is 37.0 Å². The van der Waals surface area contributed by atoms with E-state index >= 15 is 0 Å². The molecule has 0 radical (unpaired) electrons. The molecule has 2 heterocycles. The minimum absolute atomic E-state index is 0.0411. The number of benzene rings is 1. The van der Waals surface area contributed by atoms with Crippen LogP contribution in [0.1, 0.15) is 25.3 Å². The molecule has 2 aliphatic heterocycles. The number of rotatable bonds is 1. The lowest BCUT2D eigenvalue weighted by Crippen LogP contribution is -2.26. The number of ether oxygens (including phenoxy) is 2. The topological polar surface area (TPSA) is 55.8 Å². The van der Waals surface area contributed by atoms with Crippen molar-refractivity contribution in [3.05, 3.63) is 29.3 Å². The van der Waals surface area contributed by atoms with Gasteiger partial charge in [-0.15, -0.1) is 0 Å². The van der Waals surface area contributed by atoms with E-state index in [2.05, 4.69) is 6.92 Å². The first kappa shape index (κ1) is 14.3. The third-order valence-electron chi connectivity index (χ3n) is 5.14. The van der Waals surface area contributed by atoms with Gasteiger partial charge in [0.25, 0.3) is 0 Å². The molecular formula is C18H19NO4. The molecule has 0 bridgehead atoms. The molecule has 1 fully saturated rings. The van der Waals surface area contributed by atoms with Gasteiger partial charge < -0.3 is 9.47 Å². The Hall–Kier alpha value is -2.30. The molecule has 0 spiro atoms. The number of allylic oxidation sites excluding steroid dienone is 2. The Bertz CT molecular complexity index is 737. The Balaban J connectivity index is 1.69. The van der Waals surface area contributed by atoms with Gasteiger partial charge in [-0.1, -0.05) is 11.6 Å². The van der Waals surface area contributed by atoms with Crippen LogP contribution >= 0.6 is 0 Å². The number of hydrogen-bond acceptors (Lipinski definition) is 4. The van der Waals surface area contributed by atoms with Crippen LogP contribution in [0.3, 0.4) is 0 Å². The molecule has 5 nitrogen and oxygen atoms in total. The SMILES string of the molecule is CC1=C(c2ccc3c(c2)OCCO3)C[C@H]2C(=O)N(C)C(=O)[C@H]2C1. The molecule has 2 atom stereocenters. The summed E-state index contributed by atoms with van der Waals surface area (Å²) in [5.74, 6) is 1.01. The second kappa shape index (κ2) is 5.11. The van der Waals surface area contributed by atoms with Crippen molar-refractivity contribution < 1.29 is 19.1 Å². The van der Waals surface area contributed by atoms with Crippen molar-refractivity contribution in [2.24, 2.45) is 11.8 Å². The molecule has 1 saturated heterocycles. The van der Waals surface area contributed by atoms with Crippen LogP contribution in [0, 0.1) is 11.8 Å². The quantitative estimate of drug-likeness (QED) is 0.746. The number of nitrogens with zero attached hydrogens (tertiary/aromatic N) is 1. The van der Waals surface area contributed by atoms with Crippen molar-refractivity contribution in [3.63, 3.8) is 0 Å². The van der Waals surface area contributed by atoms with E-state index in [-0.39, 0.29) is 23.7 Å². The molecule has 3 aliphatic rings. The number of hydrogen-bond donors (Lipinski definition) is 0. The average Bonchev–Trinajstić information content (AvgIpc) is 2.78. The van der Waals surface area contributed by atoms with Crippen LogP contribution in [0.4, 0.5) is 0 Å². The summed E-state index contributed by atoms with van der Waals surface area (Å²) in [6, 6.07) is 5.92. The normalized spacial score (nSPS) is 26.6. The zero-order valence-corrected chi connectivity index (χ0v) is 13.3. The first-order valence-electron chi connectivity index (χ1n) is 7.96. The van der Waals surface area contributed by atoms with E-state index in [0.29, 0.717) is 26.1 Å². The number of imide groups is 1. The van der Waals surface area contributed by atoms with Crippen LogP contribution in [0.5, 0.6) is 11.5 Å². The molecule has 4 rings (SSSR count). The Kier molecular flexibility index (Phi) is 3.18. The Morgan fingerprint density at radius 3 is 2.39 bits per heavy atom. The van der Waals surface area contributed by atoms with Crippen molar-refractivity contribution in [1.29, 1.82) is 0 Å². The van der Waals surface area contributed by atoms with Crippen molar-refractivity contribution >= 4 is 17.4 Å². The second-order valence-corrected chi connectivity index (χ2v) is 6.47. The van der Waals surface area contributed by atoms with Crippen LogP contribution in [-0.2, 0) is 9.59 Å². The zero-order valence-electron chi connectivity index (χ0n) is 13.3. The highest BCUT2D eigenvalue weighted by molar-refractivity contribution is 6.06. The highest BCUT2D eigenvalue weighted by Crippen LogP contribution is 2.45. The van der Waals surface area contributed by atoms with E-state index in [1.807, 2.05) is 18.2 Å². The van der Waals surface area contributed by atoms with E-state index in [9.17, 15) is 9.59 Å². The monoisotopic (exact) mass is 313 g/mol. The van der Waals surface area contributed by atoms with E-state index in [1.165, 1.54) is 10.5 Å². The largest absolute Gasteiger partial charge is 0.486 e. The van der Waals surface area contributed by atoms with Gasteiger partial charge in [0.1, 0.15) is 13.2 Å². The number of likely N-dealkylation sites (tertiary alicyclic amines) is 1. The van der Waals surface area contributed by atoms with Gasteiger partial charge in [-0.25, -0.2) is 0 Å². The first-order chi connectivity index (χ1) is 11.1. The molecule has 1 aromatic rings. The smallest absolute Gasteiger partial charge is 0.233 e. The lowest BCUT2D eigenvalue weighted by atomic mass is 9.75. The van der Waals surface area contributed by atoms with Gasteiger partial charge in [0, 0.05) is 7.05 Å². The van der Waals surface area contributed by atoms with E-state index in [0.717, 1.165) is 22.6 Å². The molecule has 1 aliphatic carbocycles. The molecule has 2 amide bonds. The van der Waals surface area contributed by atoms with Gasteiger partial charge in [0.15, 0.2) is 11.5 Å². The lowest BCUT2D eigenvalue weighted by Gasteiger charge is -2.27. The summed E-state index contributed by atoms with van der Waals surface area (Å²) in [5, 5.41) is 0. The molecule has 0 saturated carbocycles. The molecule has 5 heteroatoms. The average molecular weight is 313 g/mol. The molecule has 1 aromatic carbocycles. The first-order valence-corrected chi connectivity index (χ1v) is 7.96. The molecule has 120 valence electrons. The Morgan fingerprint density at radius 2 is 1.65 bits per heavy atom. The maximum Gasteiger partial charge on any atom is 0.233 e. The van der Waals surface area contributed by atoms with Crippen molar-refractivity contribution in [1.82, 2.24) is 4.90 Å². The van der Waals surface area contributed by atoms with Gasteiger partial charge in [-0.05, 0) is 43.0 Å². The van der Waals surface area contributed by atoms with Gasteiger partial charge in [0.05, 0.1) is 11.8 Å². The maximum absolute atomic E-state index is 12.3. The number of carbonyl (C=O) groups excluding carboxylic acids is 2. The highest BCUT2D eigenvalue weighted by atomic mass is 16.6. The van der Waals surface area contributed by atoms with Crippen molar-refractivity contribution in [2.45, 2.75) is 19.8 Å². The summed E-state index contributed by atoms with van der Waals surface area (Å²) in [6.45, 7) is 3.18. The fourth-order valence-electron chi connectivity index (χ4n) is 3.85. The van der Waals surface area contributed by atoms with Gasteiger partial charge in [0.2, 0.25) is 11.8 Å². The highest BCUT2D eigenvalue weighted by Gasteiger charge is 2.48. The summed E-state index contributed by atoms with van der Waals surface area (Å²) in [4.78, 5) is 25.8. The van der Waals surface area contributed by atoms with E-state index in [1.54, 1.807) is 7.05 Å².